The fourth-order valence-electron chi connectivity index (χ4n) is 3.10. The van der Waals surface area contributed by atoms with Crippen molar-refractivity contribution < 1.29 is 23.2 Å². The van der Waals surface area contributed by atoms with E-state index in [-0.39, 0.29) is 36.7 Å². The van der Waals surface area contributed by atoms with Crippen LogP contribution in [0.15, 0.2) is 55.1 Å². The molecule has 1 atom stereocenters. The quantitative estimate of drug-likeness (QED) is 0.734. The molecule has 1 heterocycles. The van der Waals surface area contributed by atoms with Crippen molar-refractivity contribution in [3.63, 3.8) is 0 Å². The van der Waals surface area contributed by atoms with E-state index in [2.05, 4.69) is 17.2 Å². The van der Waals surface area contributed by atoms with E-state index < -0.39 is 29.4 Å². The lowest BCUT2D eigenvalue weighted by Crippen LogP contribution is -2.30. The van der Waals surface area contributed by atoms with Gasteiger partial charge in [0, 0.05) is 25.6 Å². The number of benzene rings is 2. The van der Waals surface area contributed by atoms with Gasteiger partial charge < -0.3 is 15.5 Å². The van der Waals surface area contributed by atoms with Crippen molar-refractivity contribution in [3.05, 3.63) is 72.3 Å². The molecule has 1 fully saturated rings. The second kappa shape index (κ2) is 8.64. The highest BCUT2D eigenvalue weighted by molar-refractivity contribution is 6.07. The molecular weight excluding hydrogens is 380 g/mol. The largest absolute Gasteiger partial charge is 0.349 e. The van der Waals surface area contributed by atoms with E-state index in [0.29, 0.717) is 11.8 Å². The van der Waals surface area contributed by atoms with Crippen LogP contribution in [-0.4, -0.2) is 30.8 Å². The van der Waals surface area contributed by atoms with Crippen molar-refractivity contribution in [1.82, 2.24) is 5.32 Å². The molecule has 1 unspecified atom stereocenters. The number of hydrogen-bond acceptors (Lipinski definition) is 3. The molecule has 0 radical (unpaired) electrons. The van der Waals surface area contributed by atoms with E-state index in [1.807, 2.05) is 0 Å². The highest BCUT2D eigenvalue weighted by Gasteiger charge is 2.36. The van der Waals surface area contributed by atoms with E-state index in [4.69, 9.17) is 0 Å². The summed E-state index contributed by atoms with van der Waals surface area (Å²) in [4.78, 5) is 38.3. The first kappa shape index (κ1) is 20.2. The Kier molecular flexibility index (Phi) is 6.01. The van der Waals surface area contributed by atoms with E-state index in [9.17, 15) is 23.2 Å². The maximum absolute atomic E-state index is 14.0. The smallest absolute Gasteiger partial charge is 0.253 e. The molecule has 1 aliphatic heterocycles. The van der Waals surface area contributed by atoms with Gasteiger partial charge in [-0.15, -0.1) is 6.58 Å². The first-order valence-electron chi connectivity index (χ1n) is 8.95. The normalized spacial score (nSPS) is 15.9. The Bertz CT molecular complexity index is 977. The first-order valence-corrected chi connectivity index (χ1v) is 8.95. The first-order chi connectivity index (χ1) is 13.9. The zero-order valence-corrected chi connectivity index (χ0v) is 15.5. The van der Waals surface area contributed by atoms with Crippen LogP contribution in [0.25, 0.3) is 0 Å². The molecule has 0 aliphatic carbocycles. The summed E-state index contributed by atoms with van der Waals surface area (Å²) in [5, 5.41) is 5.30. The molecule has 1 saturated heterocycles. The fourth-order valence-corrected chi connectivity index (χ4v) is 3.10. The maximum Gasteiger partial charge on any atom is 0.253 e. The van der Waals surface area contributed by atoms with Crippen LogP contribution in [0.5, 0.6) is 0 Å². The van der Waals surface area contributed by atoms with Gasteiger partial charge in [-0.2, -0.15) is 0 Å². The van der Waals surface area contributed by atoms with Gasteiger partial charge in [-0.25, -0.2) is 8.78 Å². The minimum Gasteiger partial charge on any atom is -0.349 e. The van der Waals surface area contributed by atoms with Crippen molar-refractivity contribution >= 4 is 29.1 Å². The van der Waals surface area contributed by atoms with Gasteiger partial charge in [0.05, 0.1) is 22.9 Å². The molecule has 0 aromatic heterocycles. The molecular formula is C21H19F2N3O3. The van der Waals surface area contributed by atoms with Crippen molar-refractivity contribution in [2.24, 2.45) is 5.92 Å². The van der Waals surface area contributed by atoms with Gasteiger partial charge >= 0.3 is 0 Å². The number of carbonyl (C=O) groups is 3. The van der Waals surface area contributed by atoms with Crippen LogP contribution in [-0.2, 0) is 9.59 Å². The van der Waals surface area contributed by atoms with Crippen LogP contribution in [0.4, 0.5) is 20.2 Å². The third kappa shape index (κ3) is 4.48. The van der Waals surface area contributed by atoms with Crippen LogP contribution in [0.2, 0.25) is 0 Å². The standard InChI is InChI=1S/C21H19F2N3O3/c1-2-9-24-21(29)15-5-3-4-6-17(15)25-20(28)13-10-19(27)26(12-13)18-8-7-14(22)11-16(18)23/h2-8,11,13H,1,9-10,12H2,(H,24,29)(H,25,28). The zero-order chi connectivity index (χ0) is 21.0. The predicted octanol–water partition coefficient (Wildman–Crippen LogP) is 2.87. The van der Waals surface area contributed by atoms with E-state index >= 15 is 0 Å². The van der Waals surface area contributed by atoms with Gasteiger partial charge in [0.2, 0.25) is 11.8 Å². The third-order valence-electron chi connectivity index (χ3n) is 4.53. The number of para-hydroxylation sites is 1. The number of nitrogens with one attached hydrogen (secondary N) is 2. The maximum atomic E-state index is 14.0. The van der Waals surface area contributed by atoms with Crippen molar-refractivity contribution in [1.29, 1.82) is 0 Å². The van der Waals surface area contributed by atoms with E-state index in [1.165, 1.54) is 12.1 Å². The number of halogens is 2. The number of nitrogens with zero attached hydrogens (tertiary/aromatic N) is 1. The molecule has 3 amide bonds. The summed E-state index contributed by atoms with van der Waals surface area (Å²) in [5.74, 6) is -3.64. The lowest BCUT2D eigenvalue weighted by molar-refractivity contribution is -0.122. The molecule has 8 heteroatoms. The van der Waals surface area contributed by atoms with Crippen LogP contribution >= 0.6 is 0 Å². The topological polar surface area (TPSA) is 78.5 Å². The van der Waals surface area contributed by atoms with E-state index in [0.717, 1.165) is 11.0 Å². The van der Waals surface area contributed by atoms with Gasteiger partial charge in [0.25, 0.3) is 5.91 Å². The number of rotatable bonds is 6. The van der Waals surface area contributed by atoms with Gasteiger partial charge in [-0.1, -0.05) is 18.2 Å². The molecule has 150 valence electrons. The second-order valence-corrected chi connectivity index (χ2v) is 6.53. The number of hydrogen-bond donors (Lipinski definition) is 2. The SMILES string of the molecule is C=CCNC(=O)c1ccccc1NC(=O)C1CC(=O)N(c2ccc(F)cc2F)C1. The number of carbonyl (C=O) groups excluding carboxylic acids is 3. The molecule has 6 nitrogen and oxygen atoms in total. The molecule has 0 spiro atoms. The summed E-state index contributed by atoms with van der Waals surface area (Å²) in [6, 6.07) is 9.38. The summed E-state index contributed by atoms with van der Waals surface area (Å²) in [7, 11) is 0. The van der Waals surface area contributed by atoms with Gasteiger partial charge in [-0.3, -0.25) is 14.4 Å². The number of amides is 3. The molecule has 0 bridgehead atoms. The molecule has 29 heavy (non-hydrogen) atoms. The monoisotopic (exact) mass is 399 g/mol. The summed E-state index contributed by atoms with van der Waals surface area (Å²) in [5.41, 5.74) is 0.502. The Labute approximate surface area is 166 Å². The Morgan fingerprint density at radius 2 is 1.97 bits per heavy atom. The third-order valence-corrected chi connectivity index (χ3v) is 4.53. The molecule has 1 aliphatic rings. The summed E-state index contributed by atoms with van der Waals surface area (Å²) in [6.45, 7) is 3.76. The minimum atomic E-state index is -0.872. The predicted molar refractivity (Wildman–Crippen MR) is 104 cm³/mol. The van der Waals surface area contributed by atoms with Crippen molar-refractivity contribution in [2.75, 3.05) is 23.3 Å². The Balaban J connectivity index is 1.73. The van der Waals surface area contributed by atoms with Gasteiger partial charge in [-0.05, 0) is 24.3 Å². The zero-order valence-electron chi connectivity index (χ0n) is 15.5. The fraction of sp³-hybridized carbons (Fsp3) is 0.190. The molecule has 3 rings (SSSR count). The Morgan fingerprint density at radius 1 is 1.21 bits per heavy atom. The van der Waals surface area contributed by atoms with Gasteiger partial charge in [0.15, 0.2) is 0 Å². The molecule has 2 N–H and O–H groups in total. The van der Waals surface area contributed by atoms with Crippen LogP contribution in [0.3, 0.4) is 0 Å². The average Bonchev–Trinajstić information content (AvgIpc) is 3.08. The van der Waals surface area contributed by atoms with Crippen molar-refractivity contribution in [3.8, 4) is 0 Å². The molecule has 2 aromatic rings. The molecule has 0 saturated carbocycles. The van der Waals surface area contributed by atoms with Crippen LogP contribution < -0.4 is 15.5 Å². The summed E-state index contributed by atoms with van der Waals surface area (Å²) in [6.07, 6.45) is 1.42. The minimum absolute atomic E-state index is 0.0436. The second-order valence-electron chi connectivity index (χ2n) is 6.53. The summed E-state index contributed by atoms with van der Waals surface area (Å²) >= 11 is 0. The van der Waals surface area contributed by atoms with Crippen molar-refractivity contribution in [2.45, 2.75) is 6.42 Å². The lowest BCUT2D eigenvalue weighted by Gasteiger charge is -2.18. The Hall–Kier alpha value is -3.55. The highest BCUT2D eigenvalue weighted by atomic mass is 19.1. The van der Waals surface area contributed by atoms with Crippen LogP contribution in [0.1, 0.15) is 16.8 Å². The average molecular weight is 399 g/mol. The molecule has 2 aromatic carbocycles. The van der Waals surface area contributed by atoms with Crippen LogP contribution in [0, 0.1) is 17.6 Å². The van der Waals surface area contributed by atoms with Gasteiger partial charge in [0.1, 0.15) is 11.6 Å². The highest BCUT2D eigenvalue weighted by Crippen LogP contribution is 2.29. The lowest BCUT2D eigenvalue weighted by atomic mass is 10.1. The Morgan fingerprint density at radius 3 is 2.69 bits per heavy atom. The number of anilines is 2. The summed E-state index contributed by atoms with van der Waals surface area (Å²) < 4.78 is 27.1. The van der Waals surface area contributed by atoms with E-state index in [1.54, 1.807) is 24.3 Å².